The third-order valence-electron chi connectivity index (χ3n) is 4.99. The van der Waals surface area contributed by atoms with E-state index in [2.05, 4.69) is 24.1 Å². The minimum absolute atomic E-state index is 0.162. The van der Waals surface area contributed by atoms with E-state index in [0.29, 0.717) is 29.7 Å². The molecular formula is C21H31N2O5P. The van der Waals surface area contributed by atoms with Gasteiger partial charge in [0.2, 0.25) is 0 Å². The number of benzene rings is 1. The zero-order chi connectivity index (χ0) is 21.6. The Morgan fingerprint density at radius 1 is 1.14 bits per heavy atom. The van der Waals surface area contributed by atoms with Crippen LogP contribution in [0.4, 0.5) is 5.69 Å². The van der Waals surface area contributed by atoms with Crippen LogP contribution in [0.1, 0.15) is 50.3 Å². The van der Waals surface area contributed by atoms with Crippen LogP contribution >= 0.6 is 7.60 Å². The summed E-state index contributed by atoms with van der Waals surface area (Å²) in [5.74, 6) is 0.896. The van der Waals surface area contributed by atoms with Crippen molar-refractivity contribution in [1.29, 1.82) is 0 Å². The van der Waals surface area contributed by atoms with E-state index in [0.717, 1.165) is 41.7 Å². The fraction of sp³-hybridized carbons (Fsp3) is 0.476. The first-order valence-electron chi connectivity index (χ1n) is 9.95. The number of phenols is 1. The molecule has 8 heteroatoms. The Hall–Kier alpha value is -2.08. The lowest BCUT2D eigenvalue weighted by molar-refractivity contribution is 0.375. The summed E-state index contributed by atoms with van der Waals surface area (Å²) < 4.78 is 17.1. The van der Waals surface area contributed by atoms with Crippen LogP contribution in [0.2, 0.25) is 0 Å². The molecule has 160 valence electrons. The molecule has 0 radical (unpaired) electrons. The Balaban J connectivity index is 2.77. The van der Waals surface area contributed by atoms with Gasteiger partial charge in [0.05, 0.1) is 19.0 Å². The fourth-order valence-electron chi connectivity index (χ4n) is 3.70. The first-order chi connectivity index (χ1) is 13.8. The Bertz CT molecular complexity index is 895. The normalized spacial score (nSPS) is 11.5. The van der Waals surface area contributed by atoms with Gasteiger partial charge in [-0.15, -0.1) is 0 Å². The molecule has 1 aromatic heterocycles. The molecule has 7 nitrogen and oxygen atoms in total. The Kier molecular flexibility index (Phi) is 8.08. The number of aromatic nitrogens is 1. The van der Waals surface area contributed by atoms with Gasteiger partial charge < -0.3 is 24.9 Å². The molecule has 0 fully saturated rings. The number of nitrogens with zero attached hydrogens (tertiary/aromatic N) is 1. The molecule has 2 aromatic rings. The van der Waals surface area contributed by atoms with Gasteiger partial charge in [-0.3, -0.25) is 9.55 Å². The van der Waals surface area contributed by atoms with Crippen molar-refractivity contribution in [3.8, 4) is 22.6 Å². The van der Waals surface area contributed by atoms with Gasteiger partial charge in [0.1, 0.15) is 17.8 Å². The van der Waals surface area contributed by atoms with E-state index in [4.69, 9.17) is 4.74 Å². The molecule has 0 bridgehead atoms. The second-order valence-corrected chi connectivity index (χ2v) is 8.57. The molecule has 1 heterocycles. The zero-order valence-corrected chi connectivity index (χ0v) is 18.4. The SMILES string of the molecule is CCCCc1c(O)c(-c2ccncc2NCP(=O)(O)O)c(CC)c(CC)c1OC. The van der Waals surface area contributed by atoms with Crippen molar-refractivity contribution < 1.29 is 24.2 Å². The molecule has 0 aliphatic heterocycles. The third-order valence-corrected chi connectivity index (χ3v) is 5.56. The Labute approximate surface area is 172 Å². The predicted molar refractivity (Wildman–Crippen MR) is 116 cm³/mol. The molecule has 0 amide bonds. The van der Waals surface area contributed by atoms with Crippen LogP contribution in [0.15, 0.2) is 18.5 Å². The lowest BCUT2D eigenvalue weighted by Gasteiger charge is -2.24. The standard InChI is InChI=1S/C21H31N2O5P/c1-5-8-9-17-20(24)19(14(6-2)15(7-3)21(17)28-4)16-10-11-22-12-18(16)23-13-29(25,26)27/h10-12,23-24H,5-9,13H2,1-4H3,(H2,25,26,27). The summed E-state index contributed by atoms with van der Waals surface area (Å²) in [6.07, 6.45) is 6.63. The van der Waals surface area contributed by atoms with E-state index in [1.165, 1.54) is 6.20 Å². The van der Waals surface area contributed by atoms with Gasteiger partial charge in [-0.25, -0.2) is 0 Å². The average molecular weight is 422 g/mol. The number of hydrogen-bond acceptors (Lipinski definition) is 5. The van der Waals surface area contributed by atoms with Gasteiger partial charge >= 0.3 is 7.60 Å². The molecule has 1 aromatic carbocycles. The number of ether oxygens (including phenoxy) is 1. The summed E-state index contributed by atoms with van der Waals surface area (Å²) >= 11 is 0. The first-order valence-corrected chi connectivity index (χ1v) is 11.7. The number of nitrogens with one attached hydrogen (secondary N) is 1. The molecule has 0 spiro atoms. The highest BCUT2D eigenvalue weighted by molar-refractivity contribution is 7.51. The molecule has 0 aliphatic rings. The van der Waals surface area contributed by atoms with Crippen molar-refractivity contribution in [3.63, 3.8) is 0 Å². The predicted octanol–water partition coefficient (Wildman–Crippen LogP) is 4.48. The number of rotatable bonds is 10. The quantitative estimate of drug-likeness (QED) is 0.418. The number of anilines is 1. The van der Waals surface area contributed by atoms with Gasteiger partial charge in [-0.1, -0.05) is 27.2 Å². The number of hydrogen-bond donors (Lipinski definition) is 4. The maximum atomic E-state index is 11.3. The number of aromatic hydroxyl groups is 1. The molecular weight excluding hydrogens is 391 g/mol. The third kappa shape index (κ3) is 5.30. The number of methoxy groups -OCH3 is 1. The van der Waals surface area contributed by atoms with E-state index in [-0.39, 0.29) is 5.75 Å². The Morgan fingerprint density at radius 3 is 2.38 bits per heavy atom. The van der Waals surface area contributed by atoms with Crippen LogP contribution in [-0.4, -0.2) is 33.3 Å². The van der Waals surface area contributed by atoms with E-state index in [9.17, 15) is 19.5 Å². The van der Waals surface area contributed by atoms with Crippen LogP contribution in [0, 0.1) is 0 Å². The van der Waals surface area contributed by atoms with Gasteiger partial charge in [0.25, 0.3) is 0 Å². The maximum Gasteiger partial charge on any atom is 0.344 e. The summed E-state index contributed by atoms with van der Waals surface area (Å²) in [6, 6.07) is 1.76. The molecule has 0 unspecified atom stereocenters. The molecule has 2 rings (SSSR count). The maximum absolute atomic E-state index is 11.3. The molecule has 4 N–H and O–H groups in total. The summed E-state index contributed by atoms with van der Waals surface area (Å²) in [6.45, 7) is 6.17. The fourth-order valence-corrected chi connectivity index (χ4v) is 4.08. The minimum Gasteiger partial charge on any atom is -0.507 e. The van der Waals surface area contributed by atoms with Gasteiger partial charge in [-0.05, 0) is 42.9 Å². The van der Waals surface area contributed by atoms with Crippen LogP contribution in [0.5, 0.6) is 11.5 Å². The van der Waals surface area contributed by atoms with Crippen LogP contribution in [-0.2, 0) is 23.8 Å². The van der Waals surface area contributed by atoms with Crippen molar-refractivity contribution in [2.45, 2.75) is 52.9 Å². The molecule has 0 saturated heterocycles. The monoisotopic (exact) mass is 422 g/mol. The lowest BCUT2D eigenvalue weighted by atomic mass is 9.86. The molecule has 29 heavy (non-hydrogen) atoms. The highest BCUT2D eigenvalue weighted by Gasteiger charge is 2.25. The minimum atomic E-state index is -4.25. The van der Waals surface area contributed by atoms with Gasteiger partial charge in [0.15, 0.2) is 0 Å². The van der Waals surface area contributed by atoms with Crippen molar-refractivity contribution >= 4 is 13.3 Å². The average Bonchev–Trinajstić information content (AvgIpc) is 2.70. The lowest BCUT2D eigenvalue weighted by Crippen LogP contribution is -2.08. The van der Waals surface area contributed by atoms with Crippen molar-refractivity contribution in [3.05, 3.63) is 35.2 Å². The van der Waals surface area contributed by atoms with Crippen LogP contribution in [0.25, 0.3) is 11.1 Å². The van der Waals surface area contributed by atoms with Crippen molar-refractivity contribution in [1.82, 2.24) is 4.98 Å². The van der Waals surface area contributed by atoms with E-state index >= 15 is 0 Å². The highest BCUT2D eigenvalue weighted by atomic mass is 31.2. The highest BCUT2D eigenvalue weighted by Crippen LogP contribution is 2.47. The molecule has 0 atom stereocenters. The Morgan fingerprint density at radius 2 is 1.83 bits per heavy atom. The second-order valence-electron chi connectivity index (χ2n) is 6.92. The largest absolute Gasteiger partial charge is 0.507 e. The number of unbranched alkanes of at least 4 members (excludes halogenated alkanes) is 1. The van der Waals surface area contributed by atoms with E-state index in [1.54, 1.807) is 19.4 Å². The summed E-state index contributed by atoms with van der Waals surface area (Å²) in [7, 11) is -2.62. The van der Waals surface area contributed by atoms with E-state index in [1.807, 2.05) is 6.92 Å². The molecule has 0 saturated carbocycles. The summed E-state index contributed by atoms with van der Waals surface area (Å²) in [4.78, 5) is 22.6. The zero-order valence-electron chi connectivity index (χ0n) is 17.5. The van der Waals surface area contributed by atoms with Gasteiger partial charge in [-0.2, -0.15) is 0 Å². The smallest absolute Gasteiger partial charge is 0.344 e. The van der Waals surface area contributed by atoms with Crippen LogP contribution < -0.4 is 10.1 Å². The van der Waals surface area contributed by atoms with Gasteiger partial charge in [0, 0.05) is 22.9 Å². The second kappa shape index (κ2) is 10.1. The topological polar surface area (TPSA) is 112 Å². The number of pyridine rings is 1. The molecule has 0 aliphatic carbocycles. The van der Waals surface area contributed by atoms with Crippen molar-refractivity contribution in [2.75, 3.05) is 18.7 Å². The van der Waals surface area contributed by atoms with E-state index < -0.39 is 13.9 Å². The van der Waals surface area contributed by atoms with Crippen LogP contribution in [0.3, 0.4) is 0 Å². The first kappa shape index (κ1) is 23.2. The number of phenolic OH excluding ortho intramolecular Hbond substituents is 1. The van der Waals surface area contributed by atoms with Crippen molar-refractivity contribution in [2.24, 2.45) is 0 Å². The summed E-state index contributed by atoms with van der Waals surface area (Å²) in [5, 5.41) is 14.1. The summed E-state index contributed by atoms with van der Waals surface area (Å²) in [5.41, 5.74) is 4.59.